The number of hydrogen-bond donors (Lipinski definition) is 1. The van der Waals surface area contributed by atoms with Crippen molar-refractivity contribution in [2.24, 2.45) is 23.7 Å². The number of nitrogens with zero attached hydrogens (tertiary/aromatic N) is 1. The molecule has 0 radical (unpaired) electrons. The van der Waals surface area contributed by atoms with Gasteiger partial charge < -0.3 is 15.0 Å². The largest absolute Gasteiger partial charge is 0.380 e. The quantitative estimate of drug-likeness (QED) is 0.172. The summed E-state index contributed by atoms with van der Waals surface area (Å²) < 4.78 is 5.42. The van der Waals surface area contributed by atoms with Crippen LogP contribution in [0, 0.1) is 23.7 Å². The van der Waals surface area contributed by atoms with Gasteiger partial charge in [-0.25, -0.2) is 4.79 Å². The van der Waals surface area contributed by atoms with Crippen molar-refractivity contribution < 1.29 is 9.53 Å². The Morgan fingerprint density at radius 1 is 0.800 bits per heavy atom. The lowest BCUT2D eigenvalue weighted by atomic mass is 9.91. The number of urea groups is 1. The summed E-state index contributed by atoms with van der Waals surface area (Å²) >= 11 is 0. The van der Waals surface area contributed by atoms with E-state index >= 15 is 0 Å². The van der Waals surface area contributed by atoms with Gasteiger partial charge in [-0.2, -0.15) is 0 Å². The highest BCUT2D eigenvalue weighted by molar-refractivity contribution is 5.74. The lowest BCUT2D eigenvalue weighted by Crippen LogP contribution is -2.47. The molecule has 208 valence electrons. The zero-order valence-corrected chi connectivity index (χ0v) is 24.6. The predicted octanol–water partition coefficient (Wildman–Crippen LogP) is 8.83. The minimum absolute atomic E-state index is 0.0872. The van der Waals surface area contributed by atoms with E-state index in [2.05, 4.69) is 39.9 Å². The standard InChI is InChI=1S/C31H62N2O2/c1-7-14-26(2)17-10-18-27(3)15-8-9-16-28(4)19-11-20-29(5)21-12-23-32-31(34)33-24-13-22-30(25-33)35-6/h26-30H,7-25H2,1-6H3,(H,32,34). The first kappa shape index (κ1) is 32.3. The lowest BCUT2D eigenvalue weighted by Gasteiger charge is -2.31. The van der Waals surface area contributed by atoms with Crippen LogP contribution in [0.25, 0.3) is 0 Å². The molecular weight excluding hydrogens is 432 g/mol. The number of unbranched alkanes of at least 4 members (excludes halogenated alkanes) is 1. The molecule has 1 saturated heterocycles. The molecule has 4 heteroatoms. The number of likely N-dealkylation sites (tertiary alicyclic amines) is 1. The minimum Gasteiger partial charge on any atom is -0.380 e. The van der Waals surface area contributed by atoms with Gasteiger partial charge in [-0.15, -0.1) is 0 Å². The second-order valence-corrected chi connectivity index (χ2v) is 12.2. The maximum Gasteiger partial charge on any atom is 0.317 e. The van der Waals surface area contributed by atoms with Crippen LogP contribution in [0.15, 0.2) is 0 Å². The molecule has 1 aliphatic heterocycles. The number of amides is 2. The third-order valence-electron chi connectivity index (χ3n) is 8.36. The summed E-state index contributed by atoms with van der Waals surface area (Å²) in [4.78, 5) is 14.3. The number of nitrogens with one attached hydrogen (secondary N) is 1. The normalized spacial score (nSPS) is 19.8. The summed E-state index contributed by atoms with van der Waals surface area (Å²) in [6.07, 6.45) is 21.3. The van der Waals surface area contributed by atoms with Gasteiger partial charge in [0.05, 0.1) is 6.10 Å². The SMILES string of the molecule is CCCC(C)CCCC(C)CCCCC(C)CCCC(C)CCCNC(=O)N1CCCC(OC)C1. The number of carbonyl (C=O) groups is 1. The Morgan fingerprint density at radius 3 is 1.80 bits per heavy atom. The molecule has 0 spiro atoms. The van der Waals surface area contributed by atoms with Crippen LogP contribution in [-0.4, -0.2) is 43.8 Å². The fourth-order valence-electron chi connectivity index (χ4n) is 5.76. The zero-order chi connectivity index (χ0) is 25.9. The minimum atomic E-state index is 0.0872. The van der Waals surface area contributed by atoms with Crippen molar-refractivity contribution in [1.29, 1.82) is 0 Å². The van der Waals surface area contributed by atoms with Gasteiger partial charge in [-0.1, -0.05) is 112 Å². The molecule has 5 unspecified atom stereocenters. The zero-order valence-electron chi connectivity index (χ0n) is 24.6. The van der Waals surface area contributed by atoms with Crippen LogP contribution >= 0.6 is 0 Å². The molecule has 35 heavy (non-hydrogen) atoms. The number of methoxy groups -OCH3 is 1. The van der Waals surface area contributed by atoms with E-state index in [1.165, 1.54) is 83.5 Å². The maximum absolute atomic E-state index is 12.3. The molecule has 0 aliphatic carbocycles. The van der Waals surface area contributed by atoms with Gasteiger partial charge in [0.1, 0.15) is 0 Å². The number of rotatable bonds is 20. The lowest BCUT2D eigenvalue weighted by molar-refractivity contribution is 0.0435. The van der Waals surface area contributed by atoms with Crippen molar-refractivity contribution in [2.45, 2.75) is 143 Å². The van der Waals surface area contributed by atoms with E-state index in [9.17, 15) is 4.79 Å². The monoisotopic (exact) mass is 494 g/mol. The van der Waals surface area contributed by atoms with E-state index < -0.39 is 0 Å². The Balaban J connectivity index is 1.96. The second kappa shape index (κ2) is 20.3. The predicted molar refractivity (Wildman–Crippen MR) is 152 cm³/mol. The highest BCUT2D eigenvalue weighted by Gasteiger charge is 2.23. The Bertz CT molecular complexity index is 512. The molecule has 0 aromatic carbocycles. The van der Waals surface area contributed by atoms with Crippen molar-refractivity contribution in [1.82, 2.24) is 10.2 Å². The second-order valence-electron chi connectivity index (χ2n) is 12.2. The molecule has 1 fully saturated rings. The summed E-state index contributed by atoms with van der Waals surface area (Å²) in [7, 11) is 1.74. The summed E-state index contributed by atoms with van der Waals surface area (Å²) in [6.45, 7) is 14.4. The van der Waals surface area contributed by atoms with E-state index in [0.29, 0.717) is 0 Å². The van der Waals surface area contributed by atoms with Crippen LogP contribution in [0.5, 0.6) is 0 Å². The van der Waals surface area contributed by atoms with Gasteiger partial charge in [0.2, 0.25) is 0 Å². The fourth-order valence-corrected chi connectivity index (χ4v) is 5.76. The Morgan fingerprint density at radius 2 is 1.29 bits per heavy atom. The Kier molecular flexibility index (Phi) is 18.7. The van der Waals surface area contributed by atoms with Gasteiger partial charge in [-0.3, -0.25) is 0 Å². The van der Waals surface area contributed by atoms with Crippen molar-refractivity contribution in [2.75, 3.05) is 26.7 Å². The molecule has 0 aromatic heterocycles. The topological polar surface area (TPSA) is 41.6 Å². The van der Waals surface area contributed by atoms with Crippen LogP contribution in [0.3, 0.4) is 0 Å². The van der Waals surface area contributed by atoms with Gasteiger partial charge in [0.25, 0.3) is 0 Å². The molecule has 5 atom stereocenters. The van der Waals surface area contributed by atoms with Crippen LogP contribution in [0.2, 0.25) is 0 Å². The van der Waals surface area contributed by atoms with E-state index in [-0.39, 0.29) is 12.1 Å². The van der Waals surface area contributed by atoms with Crippen LogP contribution in [0.4, 0.5) is 4.79 Å². The van der Waals surface area contributed by atoms with Crippen molar-refractivity contribution in [3.05, 3.63) is 0 Å². The Labute approximate surface area is 219 Å². The van der Waals surface area contributed by atoms with Gasteiger partial charge in [-0.05, 0) is 49.4 Å². The van der Waals surface area contributed by atoms with Crippen molar-refractivity contribution in [3.63, 3.8) is 0 Å². The van der Waals surface area contributed by atoms with E-state index in [1.54, 1.807) is 7.11 Å². The molecule has 1 N–H and O–H groups in total. The molecule has 0 aromatic rings. The summed E-state index contributed by atoms with van der Waals surface area (Å²) in [5.74, 6) is 3.46. The first-order valence-electron chi connectivity index (χ1n) is 15.4. The van der Waals surface area contributed by atoms with Gasteiger partial charge in [0.15, 0.2) is 0 Å². The molecule has 4 nitrogen and oxygen atoms in total. The average Bonchev–Trinajstić information content (AvgIpc) is 2.84. The molecule has 0 saturated carbocycles. The first-order chi connectivity index (χ1) is 16.8. The molecule has 1 heterocycles. The highest BCUT2D eigenvalue weighted by Crippen LogP contribution is 2.23. The van der Waals surface area contributed by atoms with Crippen LogP contribution in [0.1, 0.15) is 137 Å². The summed E-state index contributed by atoms with van der Waals surface area (Å²) in [5, 5.41) is 3.12. The smallest absolute Gasteiger partial charge is 0.317 e. The average molecular weight is 495 g/mol. The van der Waals surface area contributed by atoms with E-state index in [0.717, 1.165) is 62.6 Å². The van der Waals surface area contributed by atoms with E-state index in [4.69, 9.17) is 4.74 Å². The maximum atomic E-state index is 12.3. The third-order valence-corrected chi connectivity index (χ3v) is 8.36. The highest BCUT2D eigenvalue weighted by atomic mass is 16.5. The van der Waals surface area contributed by atoms with Crippen molar-refractivity contribution >= 4 is 6.03 Å². The van der Waals surface area contributed by atoms with E-state index in [1.807, 2.05) is 4.90 Å². The number of carbonyl (C=O) groups excluding carboxylic acids is 1. The third kappa shape index (κ3) is 16.6. The molecule has 1 rings (SSSR count). The number of ether oxygens (including phenoxy) is 1. The van der Waals surface area contributed by atoms with Gasteiger partial charge in [0, 0.05) is 26.7 Å². The summed E-state index contributed by atoms with van der Waals surface area (Å²) in [5.41, 5.74) is 0. The molecule has 2 amide bonds. The Hall–Kier alpha value is -0.770. The fraction of sp³-hybridized carbons (Fsp3) is 0.968. The first-order valence-corrected chi connectivity index (χ1v) is 15.4. The van der Waals surface area contributed by atoms with Crippen LogP contribution in [-0.2, 0) is 4.74 Å². The number of piperidine rings is 1. The van der Waals surface area contributed by atoms with Crippen LogP contribution < -0.4 is 5.32 Å². The van der Waals surface area contributed by atoms with Gasteiger partial charge >= 0.3 is 6.03 Å². The van der Waals surface area contributed by atoms with Crippen molar-refractivity contribution in [3.8, 4) is 0 Å². The molecule has 1 aliphatic rings. The molecule has 0 bridgehead atoms. The summed E-state index contributed by atoms with van der Waals surface area (Å²) in [6, 6.07) is 0.0872. The molecular formula is C31H62N2O2. The number of hydrogen-bond acceptors (Lipinski definition) is 2.